The molecule has 0 saturated heterocycles. The Bertz CT molecular complexity index is 822. The van der Waals surface area contributed by atoms with Crippen molar-refractivity contribution in [1.82, 2.24) is 0 Å². The van der Waals surface area contributed by atoms with Gasteiger partial charge in [-0.2, -0.15) is 0 Å². The fourth-order valence-electron chi connectivity index (χ4n) is 4.11. The van der Waals surface area contributed by atoms with E-state index in [2.05, 4.69) is 74.5 Å². The van der Waals surface area contributed by atoms with Crippen LogP contribution in [0.5, 0.6) is 0 Å². The van der Waals surface area contributed by atoms with Crippen molar-refractivity contribution < 1.29 is 4.79 Å². The van der Waals surface area contributed by atoms with E-state index < -0.39 is 0 Å². The molecule has 0 aromatic heterocycles. The van der Waals surface area contributed by atoms with Crippen molar-refractivity contribution in [3.05, 3.63) is 77.9 Å². The fourth-order valence-corrected chi connectivity index (χ4v) is 4.11. The van der Waals surface area contributed by atoms with Crippen LogP contribution in [0.15, 0.2) is 72.3 Å². The summed E-state index contributed by atoms with van der Waals surface area (Å²) in [6.45, 7) is 4.44. The quantitative estimate of drug-likeness (QED) is 0.727. The Morgan fingerprint density at radius 2 is 1.54 bits per heavy atom. The molecule has 2 atom stereocenters. The summed E-state index contributed by atoms with van der Waals surface area (Å²) >= 11 is 0. The number of carbonyl (C=O) groups excluding carboxylic acids is 1. The summed E-state index contributed by atoms with van der Waals surface area (Å²) in [4.78, 5) is 12.2. The highest BCUT2D eigenvalue weighted by Crippen LogP contribution is 2.58. The third-order valence-corrected chi connectivity index (χ3v) is 5.81. The lowest BCUT2D eigenvalue weighted by molar-refractivity contribution is -0.133. The van der Waals surface area contributed by atoms with Crippen molar-refractivity contribution in [3.8, 4) is 11.1 Å². The van der Waals surface area contributed by atoms with Crippen LogP contribution in [0.1, 0.15) is 25.8 Å². The lowest BCUT2D eigenvalue weighted by atomic mass is 9.48. The van der Waals surface area contributed by atoms with Crippen LogP contribution in [0, 0.1) is 17.3 Å². The van der Waals surface area contributed by atoms with Gasteiger partial charge in [0.15, 0.2) is 5.78 Å². The molecule has 3 aliphatic carbocycles. The molecule has 0 spiro atoms. The van der Waals surface area contributed by atoms with Crippen molar-refractivity contribution in [3.63, 3.8) is 0 Å². The third kappa shape index (κ3) is 2.45. The molecule has 1 nitrogen and oxygen atoms in total. The Kier molecular flexibility index (Phi) is 3.53. The fraction of sp³-hybridized carbons (Fsp3) is 0.261. The van der Waals surface area contributed by atoms with Gasteiger partial charge < -0.3 is 0 Å². The number of hydrogen-bond acceptors (Lipinski definition) is 1. The molecule has 2 aromatic rings. The maximum atomic E-state index is 12.2. The molecule has 0 N–H and O–H groups in total. The molecule has 0 aliphatic heterocycles. The molecule has 0 radical (unpaired) electrons. The van der Waals surface area contributed by atoms with Crippen molar-refractivity contribution in [2.75, 3.05) is 0 Å². The van der Waals surface area contributed by atoms with Gasteiger partial charge in [0.2, 0.25) is 0 Å². The molecule has 5 rings (SSSR count). The molecule has 0 amide bonds. The molecule has 1 saturated carbocycles. The zero-order valence-electron chi connectivity index (χ0n) is 14.2. The van der Waals surface area contributed by atoms with Gasteiger partial charge in [-0.1, -0.05) is 80.6 Å². The van der Waals surface area contributed by atoms with Crippen LogP contribution >= 0.6 is 0 Å². The van der Waals surface area contributed by atoms with E-state index in [0.717, 1.165) is 6.42 Å². The van der Waals surface area contributed by atoms with Gasteiger partial charge in [0.1, 0.15) is 0 Å². The molecule has 0 unspecified atom stereocenters. The molecular formula is C23H22O. The summed E-state index contributed by atoms with van der Waals surface area (Å²) in [7, 11) is 0. The minimum Gasteiger partial charge on any atom is -0.295 e. The maximum Gasteiger partial charge on any atom is 0.159 e. The van der Waals surface area contributed by atoms with Gasteiger partial charge in [0.25, 0.3) is 0 Å². The lowest BCUT2D eigenvalue weighted by Gasteiger charge is -2.54. The number of carbonyl (C=O) groups is 1. The van der Waals surface area contributed by atoms with Crippen LogP contribution in [0.3, 0.4) is 0 Å². The van der Waals surface area contributed by atoms with Crippen molar-refractivity contribution in [1.29, 1.82) is 0 Å². The molecule has 1 fully saturated rings. The average Bonchev–Trinajstić information content (AvgIpc) is 2.60. The highest BCUT2D eigenvalue weighted by molar-refractivity contribution is 5.96. The van der Waals surface area contributed by atoms with Gasteiger partial charge in [-0.25, -0.2) is 0 Å². The smallest absolute Gasteiger partial charge is 0.159 e. The first kappa shape index (κ1) is 15.1. The summed E-state index contributed by atoms with van der Waals surface area (Å²) < 4.78 is 0. The van der Waals surface area contributed by atoms with E-state index in [1.807, 2.05) is 12.1 Å². The van der Waals surface area contributed by atoms with E-state index in [1.165, 1.54) is 22.3 Å². The topological polar surface area (TPSA) is 17.1 Å². The predicted octanol–water partition coefficient (Wildman–Crippen LogP) is 5.54. The van der Waals surface area contributed by atoms with E-state index in [-0.39, 0.29) is 11.3 Å². The van der Waals surface area contributed by atoms with Crippen LogP contribution in [-0.2, 0) is 4.79 Å². The van der Waals surface area contributed by atoms with Crippen LogP contribution in [0.2, 0.25) is 0 Å². The zero-order valence-corrected chi connectivity index (χ0v) is 14.2. The van der Waals surface area contributed by atoms with Gasteiger partial charge in [-0.15, -0.1) is 0 Å². The largest absolute Gasteiger partial charge is 0.295 e. The minimum atomic E-state index is 0.128. The highest BCUT2D eigenvalue weighted by Gasteiger charge is 2.54. The molecule has 2 bridgehead atoms. The third-order valence-electron chi connectivity index (χ3n) is 5.81. The maximum absolute atomic E-state index is 12.2. The molecule has 24 heavy (non-hydrogen) atoms. The number of hydrogen-bond donors (Lipinski definition) is 0. The second kappa shape index (κ2) is 5.59. The van der Waals surface area contributed by atoms with E-state index in [0.29, 0.717) is 11.7 Å². The summed E-state index contributed by atoms with van der Waals surface area (Å²) in [6.07, 6.45) is 7.15. The van der Waals surface area contributed by atoms with Gasteiger partial charge in [0, 0.05) is 5.92 Å². The summed E-state index contributed by atoms with van der Waals surface area (Å²) in [6, 6.07) is 19.0. The zero-order chi connectivity index (χ0) is 16.7. The molecule has 3 aliphatic rings. The Balaban J connectivity index is 1.54. The number of benzene rings is 2. The normalized spacial score (nSPS) is 24.6. The molecule has 120 valence electrons. The van der Waals surface area contributed by atoms with Gasteiger partial charge in [0.05, 0.1) is 0 Å². The van der Waals surface area contributed by atoms with Gasteiger partial charge in [-0.3, -0.25) is 4.79 Å². The van der Waals surface area contributed by atoms with E-state index >= 15 is 0 Å². The van der Waals surface area contributed by atoms with Crippen LogP contribution in [-0.4, -0.2) is 5.78 Å². The highest BCUT2D eigenvalue weighted by atomic mass is 16.1. The number of ketones is 1. The van der Waals surface area contributed by atoms with E-state index in [4.69, 9.17) is 0 Å². The van der Waals surface area contributed by atoms with Crippen LogP contribution < -0.4 is 0 Å². The average molecular weight is 314 g/mol. The summed E-state index contributed by atoms with van der Waals surface area (Å²) in [5.41, 5.74) is 4.95. The second-order valence-electron chi connectivity index (χ2n) is 7.53. The molecule has 0 heterocycles. The Hall–Kier alpha value is -2.41. The first-order chi connectivity index (χ1) is 11.6. The second-order valence-corrected chi connectivity index (χ2v) is 7.53. The standard InChI is InChI=1S/C23H22O/c1-23(2)20-15-21(23)22(24)14-19(20)13-10-16-8-11-18(12-9-16)17-6-4-3-5-7-17/h3-14,20-21H,15H2,1-2H3/b13-10+/t20-,21-/m1/s1. The molecular weight excluding hydrogens is 292 g/mol. The minimum absolute atomic E-state index is 0.128. The molecule has 1 heteroatoms. The lowest BCUT2D eigenvalue weighted by Crippen LogP contribution is -2.52. The Morgan fingerprint density at radius 3 is 2.17 bits per heavy atom. The monoisotopic (exact) mass is 314 g/mol. The Morgan fingerprint density at radius 1 is 0.875 bits per heavy atom. The Labute approximate surface area is 143 Å². The van der Waals surface area contributed by atoms with Crippen LogP contribution in [0.4, 0.5) is 0 Å². The summed E-state index contributed by atoms with van der Waals surface area (Å²) in [5.74, 6) is 1.08. The van der Waals surface area contributed by atoms with Crippen molar-refractivity contribution in [2.45, 2.75) is 20.3 Å². The number of allylic oxidation sites excluding steroid dienone is 3. The summed E-state index contributed by atoms with van der Waals surface area (Å²) in [5, 5.41) is 0. The van der Waals surface area contributed by atoms with Crippen molar-refractivity contribution >= 4 is 11.9 Å². The van der Waals surface area contributed by atoms with E-state index in [1.54, 1.807) is 0 Å². The first-order valence-corrected chi connectivity index (χ1v) is 8.65. The van der Waals surface area contributed by atoms with Gasteiger partial charge >= 0.3 is 0 Å². The van der Waals surface area contributed by atoms with Gasteiger partial charge in [-0.05, 0) is 46.1 Å². The predicted molar refractivity (Wildman–Crippen MR) is 99.4 cm³/mol. The van der Waals surface area contributed by atoms with Crippen LogP contribution in [0.25, 0.3) is 17.2 Å². The molecule has 2 aromatic carbocycles. The number of rotatable bonds is 3. The number of fused-ring (bicyclic) bond motifs is 1. The van der Waals surface area contributed by atoms with E-state index in [9.17, 15) is 4.79 Å². The SMILES string of the molecule is CC1(C)[C@@H]2C[C@@H]1C(/C=C/c1ccc(-c3ccccc3)cc1)=CC2=O. The van der Waals surface area contributed by atoms with Crippen molar-refractivity contribution in [2.24, 2.45) is 17.3 Å². The first-order valence-electron chi connectivity index (χ1n) is 8.65.